The van der Waals surface area contributed by atoms with Gasteiger partial charge in [0.1, 0.15) is 17.2 Å². The van der Waals surface area contributed by atoms with Gasteiger partial charge in [-0.3, -0.25) is 9.59 Å². The molecule has 1 N–H and O–H groups in total. The van der Waals surface area contributed by atoms with Crippen molar-refractivity contribution in [3.05, 3.63) is 71.0 Å². The van der Waals surface area contributed by atoms with E-state index in [1.165, 1.54) is 23.9 Å². The predicted molar refractivity (Wildman–Crippen MR) is 115 cm³/mol. The predicted octanol–water partition coefficient (Wildman–Crippen LogP) is 4.70. The minimum absolute atomic E-state index is 0.145. The zero-order valence-corrected chi connectivity index (χ0v) is 17.7. The van der Waals surface area contributed by atoms with E-state index in [1.54, 1.807) is 23.1 Å². The van der Waals surface area contributed by atoms with Gasteiger partial charge in [0.25, 0.3) is 5.91 Å². The second kappa shape index (κ2) is 9.92. The Kier molecular flexibility index (Phi) is 7.31. The lowest BCUT2D eigenvalue weighted by molar-refractivity contribution is -0.124. The van der Waals surface area contributed by atoms with Crippen LogP contribution < -0.4 is 5.32 Å². The number of amides is 2. The first-order valence-electron chi connectivity index (χ1n) is 10.1. The van der Waals surface area contributed by atoms with E-state index in [-0.39, 0.29) is 17.6 Å². The van der Waals surface area contributed by atoms with Crippen molar-refractivity contribution in [3.63, 3.8) is 0 Å². The normalized spacial score (nSPS) is 18.7. The van der Waals surface area contributed by atoms with Crippen LogP contribution in [0, 0.1) is 12.7 Å². The van der Waals surface area contributed by atoms with Gasteiger partial charge in [-0.05, 0) is 43.2 Å². The molecule has 0 saturated carbocycles. The van der Waals surface area contributed by atoms with E-state index in [0.717, 1.165) is 24.8 Å². The first-order chi connectivity index (χ1) is 14.0. The van der Waals surface area contributed by atoms with Gasteiger partial charge in [0.15, 0.2) is 0 Å². The molecule has 0 bridgehead atoms. The number of rotatable bonds is 7. The van der Waals surface area contributed by atoms with Gasteiger partial charge < -0.3 is 10.2 Å². The number of halogens is 1. The first-order valence-corrected chi connectivity index (χ1v) is 11.1. The third kappa shape index (κ3) is 5.18. The van der Waals surface area contributed by atoms with Crippen molar-refractivity contribution >= 4 is 23.6 Å². The van der Waals surface area contributed by atoms with E-state index in [0.29, 0.717) is 23.4 Å². The molecule has 2 amide bonds. The molecule has 1 heterocycles. The summed E-state index contributed by atoms with van der Waals surface area (Å²) in [5, 5.41) is 2.57. The zero-order valence-electron chi connectivity index (χ0n) is 16.9. The van der Waals surface area contributed by atoms with Gasteiger partial charge >= 0.3 is 0 Å². The van der Waals surface area contributed by atoms with Crippen molar-refractivity contribution in [3.8, 4) is 0 Å². The Balaban J connectivity index is 1.87. The fourth-order valence-electron chi connectivity index (χ4n) is 3.50. The summed E-state index contributed by atoms with van der Waals surface area (Å²) in [5.41, 5.74) is 2.21. The third-order valence-electron chi connectivity index (χ3n) is 5.02. The van der Waals surface area contributed by atoms with E-state index in [4.69, 9.17) is 0 Å². The molecule has 0 aromatic heterocycles. The maximum Gasteiger partial charge on any atom is 0.255 e. The number of carbonyl (C=O) groups excluding carboxylic acids is 2. The van der Waals surface area contributed by atoms with Gasteiger partial charge in [0.05, 0.1) is 0 Å². The Labute approximate surface area is 175 Å². The number of aryl methyl sites for hydroxylation is 1. The van der Waals surface area contributed by atoms with Crippen LogP contribution in [-0.4, -0.2) is 35.1 Å². The number of unbranched alkanes of at least 4 members (excludes halogenated alkanes) is 2. The second-order valence-corrected chi connectivity index (χ2v) is 8.45. The van der Waals surface area contributed by atoms with Crippen molar-refractivity contribution in [2.45, 2.75) is 44.5 Å². The molecule has 2 aromatic carbocycles. The molecule has 1 saturated heterocycles. The van der Waals surface area contributed by atoms with E-state index in [1.807, 2.05) is 25.1 Å². The summed E-state index contributed by atoms with van der Waals surface area (Å²) in [5.74, 6) is -0.216. The summed E-state index contributed by atoms with van der Waals surface area (Å²) in [6.45, 7) is 4.64. The monoisotopic (exact) mass is 414 g/mol. The van der Waals surface area contributed by atoms with Gasteiger partial charge in [-0.25, -0.2) is 4.39 Å². The summed E-state index contributed by atoms with van der Waals surface area (Å²) in [4.78, 5) is 27.9. The summed E-state index contributed by atoms with van der Waals surface area (Å²) in [7, 11) is 0. The van der Waals surface area contributed by atoms with E-state index < -0.39 is 11.4 Å². The molecule has 2 atom stereocenters. The van der Waals surface area contributed by atoms with E-state index >= 15 is 0 Å². The molecule has 2 aromatic rings. The van der Waals surface area contributed by atoms with Crippen LogP contribution in [0.2, 0.25) is 0 Å². The minimum atomic E-state index is -0.581. The van der Waals surface area contributed by atoms with Gasteiger partial charge in [-0.1, -0.05) is 49.6 Å². The maximum absolute atomic E-state index is 13.8. The molecule has 1 aliphatic rings. The van der Waals surface area contributed by atoms with Crippen LogP contribution in [0.1, 0.15) is 53.0 Å². The molecular formula is C23H27FN2O2S. The lowest BCUT2D eigenvalue weighted by Gasteiger charge is -2.29. The van der Waals surface area contributed by atoms with Crippen LogP contribution in [0.4, 0.5) is 4.39 Å². The first kappa shape index (κ1) is 21.4. The SMILES string of the molecule is CCCCCNC(=O)C1CSC(c2cccc(F)c2)N1C(=O)c1cccc(C)c1. The Morgan fingerprint density at radius 3 is 2.69 bits per heavy atom. The van der Waals surface area contributed by atoms with Crippen molar-refractivity contribution in [2.75, 3.05) is 12.3 Å². The number of nitrogens with zero attached hydrogens (tertiary/aromatic N) is 1. The highest BCUT2D eigenvalue weighted by molar-refractivity contribution is 7.99. The van der Waals surface area contributed by atoms with Gasteiger partial charge in [-0.15, -0.1) is 11.8 Å². The molecule has 1 fully saturated rings. The average Bonchev–Trinajstić information content (AvgIpc) is 3.16. The van der Waals surface area contributed by atoms with Crippen LogP contribution in [0.25, 0.3) is 0 Å². The van der Waals surface area contributed by atoms with Crippen molar-refractivity contribution in [1.82, 2.24) is 10.2 Å². The number of benzene rings is 2. The third-order valence-corrected chi connectivity index (χ3v) is 6.34. The number of thioether (sulfide) groups is 1. The number of hydrogen-bond donors (Lipinski definition) is 1. The molecule has 0 radical (unpaired) electrons. The number of nitrogens with one attached hydrogen (secondary N) is 1. The molecular weight excluding hydrogens is 387 g/mol. The van der Waals surface area contributed by atoms with Gasteiger partial charge in [0.2, 0.25) is 5.91 Å². The lowest BCUT2D eigenvalue weighted by Crippen LogP contribution is -2.48. The fraction of sp³-hybridized carbons (Fsp3) is 0.391. The maximum atomic E-state index is 13.8. The Bertz CT molecular complexity index is 873. The van der Waals surface area contributed by atoms with Crippen LogP contribution in [0.15, 0.2) is 48.5 Å². The summed E-state index contributed by atoms with van der Waals surface area (Å²) in [6, 6.07) is 13.0. The molecule has 29 heavy (non-hydrogen) atoms. The smallest absolute Gasteiger partial charge is 0.255 e. The Hall–Kier alpha value is -2.34. The van der Waals surface area contributed by atoms with E-state index in [9.17, 15) is 14.0 Å². The Morgan fingerprint density at radius 1 is 1.17 bits per heavy atom. The highest BCUT2D eigenvalue weighted by Crippen LogP contribution is 2.42. The molecule has 6 heteroatoms. The molecule has 2 unspecified atom stereocenters. The molecule has 3 rings (SSSR count). The molecule has 0 spiro atoms. The number of hydrogen-bond acceptors (Lipinski definition) is 3. The lowest BCUT2D eigenvalue weighted by atomic mass is 10.1. The van der Waals surface area contributed by atoms with Gasteiger partial charge in [-0.2, -0.15) is 0 Å². The second-order valence-electron chi connectivity index (χ2n) is 7.34. The topological polar surface area (TPSA) is 49.4 Å². The van der Waals surface area contributed by atoms with Crippen molar-refractivity contribution < 1.29 is 14.0 Å². The minimum Gasteiger partial charge on any atom is -0.354 e. The van der Waals surface area contributed by atoms with Crippen LogP contribution in [-0.2, 0) is 4.79 Å². The largest absolute Gasteiger partial charge is 0.354 e. The number of carbonyl (C=O) groups is 2. The standard InChI is InChI=1S/C23H27FN2O2S/c1-3-4-5-12-25-21(27)20-15-29-23(18-10-7-11-19(24)14-18)26(20)22(28)17-9-6-8-16(2)13-17/h6-11,13-14,20,23H,3-5,12,15H2,1-2H3,(H,25,27). The molecule has 1 aliphatic heterocycles. The highest BCUT2D eigenvalue weighted by atomic mass is 32.2. The molecule has 4 nitrogen and oxygen atoms in total. The summed E-state index contributed by atoms with van der Waals surface area (Å²) < 4.78 is 13.8. The summed E-state index contributed by atoms with van der Waals surface area (Å²) >= 11 is 1.50. The Morgan fingerprint density at radius 2 is 1.97 bits per heavy atom. The van der Waals surface area contributed by atoms with Crippen molar-refractivity contribution in [1.29, 1.82) is 0 Å². The highest BCUT2D eigenvalue weighted by Gasteiger charge is 2.42. The van der Waals surface area contributed by atoms with Gasteiger partial charge in [0, 0.05) is 17.9 Å². The van der Waals surface area contributed by atoms with Crippen LogP contribution >= 0.6 is 11.8 Å². The van der Waals surface area contributed by atoms with E-state index in [2.05, 4.69) is 12.2 Å². The zero-order chi connectivity index (χ0) is 20.8. The van der Waals surface area contributed by atoms with Crippen LogP contribution in [0.3, 0.4) is 0 Å². The summed E-state index contributed by atoms with van der Waals surface area (Å²) in [6.07, 6.45) is 3.05. The molecule has 0 aliphatic carbocycles. The van der Waals surface area contributed by atoms with Crippen LogP contribution in [0.5, 0.6) is 0 Å². The quantitative estimate of drug-likeness (QED) is 0.669. The fourth-order valence-corrected chi connectivity index (χ4v) is 4.92. The van der Waals surface area contributed by atoms with Crippen molar-refractivity contribution in [2.24, 2.45) is 0 Å². The molecule has 154 valence electrons. The average molecular weight is 415 g/mol.